The SMILES string of the molecule is C=C/C(C)=C/c1cnc2nc(NC(=O)C3CC3)sc2c1. The number of allylic oxidation sites excluding steroid dienone is 2. The summed E-state index contributed by atoms with van der Waals surface area (Å²) in [5, 5.41) is 3.49. The van der Waals surface area contributed by atoms with Crippen LogP contribution in [0.15, 0.2) is 30.5 Å². The number of fused-ring (bicyclic) bond motifs is 1. The van der Waals surface area contributed by atoms with Crippen molar-refractivity contribution in [2.45, 2.75) is 19.8 Å². The predicted octanol–water partition coefficient (Wildman–Crippen LogP) is 3.63. The zero-order chi connectivity index (χ0) is 14.1. The molecule has 0 atom stereocenters. The van der Waals surface area contributed by atoms with Crippen molar-refractivity contribution in [1.29, 1.82) is 0 Å². The lowest BCUT2D eigenvalue weighted by atomic mass is 10.2. The standard InChI is InChI=1S/C15H15N3OS/c1-3-9(2)6-10-7-12-13(16-8-10)17-15(20-12)18-14(19)11-4-5-11/h3,6-8,11H,1,4-5H2,2H3,(H,16,17,18,19)/b9-6+. The molecule has 0 spiro atoms. The Labute approximate surface area is 121 Å². The number of amides is 1. The van der Waals surface area contributed by atoms with Crippen LogP contribution in [0.3, 0.4) is 0 Å². The van der Waals surface area contributed by atoms with Crippen LogP contribution in [-0.4, -0.2) is 15.9 Å². The van der Waals surface area contributed by atoms with Crippen LogP contribution in [0.2, 0.25) is 0 Å². The summed E-state index contributed by atoms with van der Waals surface area (Å²) in [6.45, 7) is 5.72. The average Bonchev–Trinajstić information content (AvgIpc) is 3.20. The maximum atomic E-state index is 11.7. The summed E-state index contributed by atoms with van der Waals surface area (Å²) in [5.41, 5.74) is 2.77. The Kier molecular flexibility index (Phi) is 3.36. The van der Waals surface area contributed by atoms with Gasteiger partial charge in [0.05, 0.1) is 4.70 Å². The molecule has 0 unspecified atom stereocenters. The molecule has 1 amide bonds. The molecule has 0 radical (unpaired) electrons. The lowest BCUT2D eigenvalue weighted by molar-refractivity contribution is -0.117. The summed E-state index contributed by atoms with van der Waals surface area (Å²) in [4.78, 5) is 20.4. The highest BCUT2D eigenvalue weighted by Gasteiger charge is 2.30. The minimum atomic E-state index is 0.0756. The molecule has 20 heavy (non-hydrogen) atoms. The zero-order valence-corrected chi connectivity index (χ0v) is 12.0. The molecule has 0 saturated heterocycles. The van der Waals surface area contributed by atoms with Crippen LogP contribution in [0, 0.1) is 5.92 Å². The van der Waals surface area contributed by atoms with Crippen LogP contribution >= 0.6 is 11.3 Å². The fourth-order valence-corrected chi connectivity index (χ4v) is 2.72. The van der Waals surface area contributed by atoms with E-state index in [9.17, 15) is 4.79 Å². The minimum absolute atomic E-state index is 0.0756. The summed E-state index contributed by atoms with van der Waals surface area (Å²) in [6, 6.07) is 2.03. The van der Waals surface area contributed by atoms with Gasteiger partial charge in [0.2, 0.25) is 5.91 Å². The molecule has 2 heterocycles. The van der Waals surface area contributed by atoms with Gasteiger partial charge in [0.25, 0.3) is 0 Å². The van der Waals surface area contributed by atoms with Gasteiger partial charge in [-0.3, -0.25) is 4.79 Å². The highest BCUT2D eigenvalue weighted by atomic mass is 32.1. The first kappa shape index (κ1) is 13.0. The van der Waals surface area contributed by atoms with Crippen LogP contribution in [0.4, 0.5) is 5.13 Å². The van der Waals surface area contributed by atoms with E-state index in [1.54, 1.807) is 12.3 Å². The molecule has 1 saturated carbocycles. The quantitative estimate of drug-likeness (QED) is 0.873. The van der Waals surface area contributed by atoms with Crippen molar-refractivity contribution in [3.8, 4) is 0 Å². The molecule has 0 aliphatic heterocycles. The topological polar surface area (TPSA) is 54.9 Å². The van der Waals surface area contributed by atoms with Crippen molar-refractivity contribution in [2.75, 3.05) is 5.32 Å². The molecule has 5 heteroatoms. The minimum Gasteiger partial charge on any atom is -0.302 e. The Morgan fingerprint density at radius 1 is 1.55 bits per heavy atom. The van der Waals surface area contributed by atoms with E-state index in [1.165, 1.54) is 11.3 Å². The third-order valence-corrected chi connectivity index (χ3v) is 4.07. The Bertz CT molecular complexity index is 713. The molecule has 2 aromatic heterocycles. The van der Waals surface area contributed by atoms with Gasteiger partial charge in [0.15, 0.2) is 10.8 Å². The fourth-order valence-electron chi connectivity index (χ4n) is 1.84. The summed E-state index contributed by atoms with van der Waals surface area (Å²) in [7, 11) is 0. The number of aromatic nitrogens is 2. The second-order valence-electron chi connectivity index (χ2n) is 4.97. The number of nitrogens with one attached hydrogen (secondary N) is 1. The Morgan fingerprint density at radius 3 is 3.05 bits per heavy atom. The Balaban J connectivity index is 1.86. The molecule has 102 valence electrons. The van der Waals surface area contributed by atoms with Crippen LogP contribution in [0.25, 0.3) is 16.4 Å². The molecular weight excluding hydrogens is 270 g/mol. The first-order valence-electron chi connectivity index (χ1n) is 6.54. The van der Waals surface area contributed by atoms with Gasteiger partial charge in [-0.2, -0.15) is 4.98 Å². The van der Waals surface area contributed by atoms with Crippen molar-refractivity contribution >= 4 is 38.8 Å². The monoisotopic (exact) mass is 285 g/mol. The summed E-state index contributed by atoms with van der Waals surface area (Å²) >= 11 is 1.46. The van der Waals surface area contributed by atoms with E-state index in [0.29, 0.717) is 10.8 Å². The lowest BCUT2D eigenvalue weighted by Gasteiger charge is -1.96. The van der Waals surface area contributed by atoms with Gasteiger partial charge in [0, 0.05) is 12.1 Å². The van der Waals surface area contributed by atoms with Crippen molar-refractivity contribution in [2.24, 2.45) is 5.92 Å². The molecule has 4 nitrogen and oxygen atoms in total. The molecule has 1 N–H and O–H groups in total. The van der Waals surface area contributed by atoms with Gasteiger partial charge in [-0.05, 0) is 31.4 Å². The van der Waals surface area contributed by atoms with Crippen molar-refractivity contribution in [3.05, 3.63) is 36.1 Å². The van der Waals surface area contributed by atoms with Crippen molar-refractivity contribution < 1.29 is 4.79 Å². The molecule has 1 aliphatic carbocycles. The first-order valence-corrected chi connectivity index (χ1v) is 7.35. The van der Waals surface area contributed by atoms with Gasteiger partial charge in [-0.15, -0.1) is 0 Å². The fraction of sp³-hybridized carbons (Fsp3) is 0.267. The number of carbonyl (C=O) groups excluding carboxylic acids is 1. The van der Waals surface area contributed by atoms with Crippen LogP contribution in [-0.2, 0) is 4.79 Å². The smallest absolute Gasteiger partial charge is 0.229 e. The van der Waals surface area contributed by atoms with E-state index in [2.05, 4.69) is 21.9 Å². The second-order valence-corrected chi connectivity index (χ2v) is 6.00. The number of anilines is 1. The molecule has 0 bridgehead atoms. The van der Waals surface area contributed by atoms with E-state index in [0.717, 1.165) is 28.7 Å². The summed E-state index contributed by atoms with van der Waals surface area (Å²) in [6.07, 6.45) is 7.58. The molecule has 2 aromatic rings. The van der Waals surface area contributed by atoms with Gasteiger partial charge < -0.3 is 5.32 Å². The maximum absolute atomic E-state index is 11.7. The highest BCUT2D eigenvalue weighted by Crippen LogP contribution is 2.32. The number of nitrogens with zero attached hydrogens (tertiary/aromatic N) is 2. The maximum Gasteiger partial charge on any atom is 0.229 e. The Hall–Kier alpha value is -2.01. The van der Waals surface area contributed by atoms with Gasteiger partial charge in [-0.1, -0.05) is 35.6 Å². The van der Waals surface area contributed by atoms with E-state index < -0.39 is 0 Å². The predicted molar refractivity (Wildman–Crippen MR) is 82.6 cm³/mol. The van der Waals surface area contributed by atoms with Crippen LogP contribution in [0.1, 0.15) is 25.3 Å². The lowest BCUT2D eigenvalue weighted by Crippen LogP contribution is -2.12. The number of carbonyl (C=O) groups is 1. The second kappa shape index (κ2) is 5.17. The molecule has 0 aromatic carbocycles. The summed E-state index contributed by atoms with van der Waals surface area (Å²) in [5.74, 6) is 0.260. The van der Waals surface area contributed by atoms with Crippen LogP contribution in [0.5, 0.6) is 0 Å². The third kappa shape index (κ3) is 2.77. The summed E-state index contributed by atoms with van der Waals surface area (Å²) < 4.78 is 0.974. The van der Waals surface area contributed by atoms with Gasteiger partial charge in [0.1, 0.15) is 0 Å². The normalized spacial score (nSPS) is 15.3. The molecule has 3 rings (SSSR count). The molecule has 1 fully saturated rings. The third-order valence-electron chi connectivity index (χ3n) is 3.16. The van der Waals surface area contributed by atoms with E-state index >= 15 is 0 Å². The van der Waals surface area contributed by atoms with E-state index in [-0.39, 0.29) is 11.8 Å². The zero-order valence-electron chi connectivity index (χ0n) is 11.2. The van der Waals surface area contributed by atoms with Crippen molar-refractivity contribution in [1.82, 2.24) is 9.97 Å². The number of pyridine rings is 1. The van der Waals surface area contributed by atoms with Gasteiger partial charge >= 0.3 is 0 Å². The number of hydrogen-bond donors (Lipinski definition) is 1. The Morgan fingerprint density at radius 2 is 2.35 bits per heavy atom. The van der Waals surface area contributed by atoms with E-state index in [4.69, 9.17) is 0 Å². The number of rotatable bonds is 4. The molecule has 1 aliphatic rings. The largest absolute Gasteiger partial charge is 0.302 e. The van der Waals surface area contributed by atoms with Crippen molar-refractivity contribution in [3.63, 3.8) is 0 Å². The van der Waals surface area contributed by atoms with E-state index in [1.807, 2.05) is 19.1 Å². The van der Waals surface area contributed by atoms with Gasteiger partial charge in [-0.25, -0.2) is 4.98 Å². The number of hydrogen-bond acceptors (Lipinski definition) is 4. The number of thiazole rings is 1. The molecular formula is C15H15N3OS. The first-order chi connectivity index (χ1) is 9.65. The highest BCUT2D eigenvalue weighted by molar-refractivity contribution is 7.22. The van der Waals surface area contributed by atoms with Crippen LogP contribution < -0.4 is 5.32 Å². The average molecular weight is 285 g/mol.